The molecule has 2 nitrogen and oxygen atoms in total. The summed E-state index contributed by atoms with van der Waals surface area (Å²) in [5.41, 5.74) is 4.31. The monoisotopic (exact) mass is 137 g/mol. The molecular formula is C5H12ClNO. The maximum atomic E-state index is 9.10. The highest BCUT2D eigenvalue weighted by molar-refractivity contribution is 6.24. The number of nitrogens with two attached hydrogens (primary N) is 1. The van der Waals surface area contributed by atoms with E-state index in [1.54, 1.807) is 20.8 Å². The van der Waals surface area contributed by atoms with E-state index in [1.165, 1.54) is 0 Å². The van der Waals surface area contributed by atoms with E-state index in [0.717, 1.165) is 0 Å². The molecule has 0 aromatic heterocycles. The Hall–Kier alpha value is 0.210. The topological polar surface area (TPSA) is 46.2 Å². The van der Waals surface area contributed by atoms with E-state index in [2.05, 4.69) is 0 Å². The first kappa shape index (κ1) is 8.21. The van der Waals surface area contributed by atoms with Crippen molar-refractivity contribution in [1.29, 1.82) is 0 Å². The molecule has 0 aliphatic rings. The molecule has 0 amide bonds. The summed E-state index contributed by atoms with van der Waals surface area (Å²) < 4.78 is 0. The second-order valence-electron chi connectivity index (χ2n) is 2.63. The van der Waals surface area contributed by atoms with Crippen LogP contribution in [0.1, 0.15) is 20.8 Å². The summed E-state index contributed by atoms with van der Waals surface area (Å²) in [6.45, 7) is 4.70. The molecule has 0 aliphatic carbocycles. The van der Waals surface area contributed by atoms with E-state index in [0.29, 0.717) is 0 Å². The molecule has 50 valence electrons. The van der Waals surface area contributed by atoms with Crippen molar-refractivity contribution in [2.75, 3.05) is 0 Å². The highest BCUT2D eigenvalue weighted by Crippen LogP contribution is 2.21. The molecule has 0 fully saturated rings. The fourth-order valence-electron chi connectivity index (χ4n) is 0. The van der Waals surface area contributed by atoms with Gasteiger partial charge in [0.05, 0.1) is 5.60 Å². The minimum Gasteiger partial charge on any atom is -0.387 e. The summed E-state index contributed by atoms with van der Waals surface area (Å²) in [4.78, 5) is -1.03. The van der Waals surface area contributed by atoms with Gasteiger partial charge in [-0.2, -0.15) is 0 Å². The van der Waals surface area contributed by atoms with Crippen LogP contribution in [0.25, 0.3) is 0 Å². The van der Waals surface area contributed by atoms with Crippen molar-refractivity contribution < 1.29 is 5.11 Å². The van der Waals surface area contributed by atoms with Crippen LogP contribution < -0.4 is 5.73 Å². The zero-order chi connectivity index (χ0) is 7.00. The van der Waals surface area contributed by atoms with Crippen molar-refractivity contribution in [1.82, 2.24) is 0 Å². The van der Waals surface area contributed by atoms with Crippen LogP contribution in [0, 0.1) is 0 Å². The van der Waals surface area contributed by atoms with Crippen LogP contribution in [0.15, 0.2) is 0 Å². The molecule has 0 saturated carbocycles. The number of hydrogen-bond donors (Lipinski definition) is 2. The maximum Gasteiger partial charge on any atom is 0.117 e. The predicted molar refractivity (Wildman–Crippen MR) is 34.7 cm³/mol. The van der Waals surface area contributed by atoms with Crippen molar-refractivity contribution in [2.24, 2.45) is 5.73 Å². The van der Waals surface area contributed by atoms with E-state index in [1.807, 2.05) is 0 Å². The Labute approximate surface area is 54.6 Å². The maximum absolute atomic E-state index is 9.10. The van der Waals surface area contributed by atoms with Gasteiger partial charge < -0.3 is 10.8 Å². The van der Waals surface area contributed by atoms with Gasteiger partial charge in [-0.1, -0.05) is 11.6 Å². The normalized spacial score (nSPS) is 20.2. The van der Waals surface area contributed by atoms with Gasteiger partial charge in [-0.25, -0.2) is 0 Å². The van der Waals surface area contributed by atoms with Gasteiger partial charge >= 0.3 is 0 Å². The lowest BCUT2D eigenvalue weighted by atomic mass is 10.0. The molecule has 0 rings (SSSR count). The molecule has 8 heavy (non-hydrogen) atoms. The van der Waals surface area contributed by atoms with Crippen LogP contribution in [0.5, 0.6) is 0 Å². The smallest absolute Gasteiger partial charge is 0.117 e. The van der Waals surface area contributed by atoms with Crippen LogP contribution in [-0.2, 0) is 0 Å². The van der Waals surface area contributed by atoms with E-state index >= 15 is 0 Å². The summed E-state index contributed by atoms with van der Waals surface area (Å²) in [5, 5.41) is 9.10. The molecule has 0 aromatic carbocycles. The van der Waals surface area contributed by atoms with Crippen molar-refractivity contribution in [3.05, 3.63) is 0 Å². The molecule has 0 saturated heterocycles. The summed E-state index contributed by atoms with van der Waals surface area (Å²) in [5.74, 6) is 0. The van der Waals surface area contributed by atoms with Gasteiger partial charge in [0.1, 0.15) is 5.00 Å². The first-order valence-electron chi connectivity index (χ1n) is 2.45. The van der Waals surface area contributed by atoms with Crippen molar-refractivity contribution in [3.63, 3.8) is 0 Å². The number of halogens is 1. The molecular weight excluding hydrogens is 126 g/mol. The van der Waals surface area contributed by atoms with Crippen LogP contribution in [0.3, 0.4) is 0 Å². The van der Waals surface area contributed by atoms with E-state index in [9.17, 15) is 0 Å². The van der Waals surface area contributed by atoms with Crippen LogP contribution in [-0.4, -0.2) is 15.7 Å². The summed E-state index contributed by atoms with van der Waals surface area (Å²) in [7, 11) is 0. The highest BCUT2D eigenvalue weighted by atomic mass is 35.5. The van der Waals surface area contributed by atoms with Crippen LogP contribution in [0.4, 0.5) is 0 Å². The summed E-state index contributed by atoms with van der Waals surface area (Å²) in [6.07, 6.45) is 0. The van der Waals surface area contributed by atoms with E-state index in [4.69, 9.17) is 22.4 Å². The van der Waals surface area contributed by atoms with Gasteiger partial charge in [0.25, 0.3) is 0 Å². The zero-order valence-corrected chi connectivity index (χ0v) is 6.16. The van der Waals surface area contributed by atoms with Gasteiger partial charge in [-0.15, -0.1) is 0 Å². The minimum absolute atomic E-state index is 1.02. The standard InChI is InChI=1S/C5H12ClNO/c1-4(2,8)5(3,6)7/h8H,7H2,1-3H3. The molecule has 0 spiro atoms. The summed E-state index contributed by atoms with van der Waals surface area (Å²) >= 11 is 5.54. The highest BCUT2D eigenvalue weighted by Gasteiger charge is 2.33. The zero-order valence-electron chi connectivity index (χ0n) is 5.40. The average Bonchev–Trinajstić information content (AvgIpc) is 1.25. The SMILES string of the molecule is CC(C)(O)C(C)(N)Cl. The Morgan fingerprint density at radius 2 is 1.50 bits per heavy atom. The van der Waals surface area contributed by atoms with Gasteiger partial charge in [-0.05, 0) is 20.8 Å². The molecule has 3 N–H and O–H groups in total. The Bertz CT molecular complexity index is 67.4. The lowest BCUT2D eigenvalue weighted by Crippen LogP contribution is -2.50. The first-order valence-corrected chi connectivity index (χ1v) is 2.83. The van der Waals surface area contributed by atoms with Crippen molar-refractivity contribution in [2.45, 2.75) is 31.4 Å². The van der Waals surface area contributed by atoms with Gasteiger partial charge in [0.2, 0.25) is 0 Å². The van der Waals surface area contributed by atoms with E-state index in [-0.39, 0.29) is 0 Å². The quantitative estimate of drug-likeness (QED) is 0.412. The molecule has 0 aromatic rings. The molecule has 1 atom stereocenters. The van der Waals surface area contributed by atoms with Crippen LogP contribution >= 0.6 is 11.6 Å². The lowest BCUT2D eigenvalue weighted by Gasteiger charge is -2.30. The largest absolute Gasteiger partial charge is 0.387 e. The average molecular weight is 138 g/mol. The van der Waals surface area contributed by atoms with Crippen molar-refractivity contribution in [3.8, 4) is 0 Å². The Morgan fingerprint density at radius 1 is 1.38 bits per heavy atom. The molecule has 1 unspecified atom stereocenters. The van der Waals surface area contributed by atoms with Gasteiger partial charge in [0, 0.05) is 0 Å². The third-order valence-corrected chi connectivity index (χ3v) is 1.66. The van der Waals surface area contributed by atoms with Crippen LogP contribution in [0.2, 0.25) is 0 Å². The molecule has 0 radical (unpaired) electrons. The minimum atomic E-state index is -1.03. The Kier molecular flexibility index (Phi) is 1.91. The fourth-order valence-corrected chi connectivity index (χ4v) is 0. The second-order valence-corrected chi connectivity index (χ2v) is 3.42. The number of rotatable bonds is 1. The Morgan fingerprint density at radius 3 is 1.50 bits per heavy atom. The number of alkyl halides is 1. The third kappa shape index (κ3) is 1.99. The van der Waals surface area contributed by atoms with E-state index < -0.39 is 10.6 Å². The molecule has 3 heteroatoms. The second kappa shape index (κ2) is 1.87. The fraction of sp³-hybridized carbons (Fsp3) is 1.00. The Balaban J connectivity index is 4.02. The molecule has 0 aliphatic heterocycles. The summed E-state index contributed by atoms with van der Waals surface area (Å²) in [6, 6.07) is 0. The number of hydrogen-bond acceptors (Lipinski definition) is 2. The van der Waals surface area contributed by atoms with Crippen molar-refractivity contribution >= 4 is 11.6 Å². The predicted octanol–water partition coefficient (Wildman–Crippen LogP) is 0.671. The molecule has 0 heterocycles. The van der Waals surface area contributed by atoms with Gasteiger partial charge in [0.15, 0.2) is 0 Å². The van der Waals surface area contributed by atoms with Gasteiger partial charge in [-0.3, -0.25) is 0 Å². The first-order chi connectivity index (χ1) is 3.25. The number of aliphatic hydroxyl groups is 1. The third-order valence-electron chi connectivity index (χ3n) is 1.20. The lowest BCUT2D eigenvalue weighted by molar-refractivity contribution is 0.0416. The molecule has 0 bridgehead atoms.